The van der Waals surface area contributed by atoms with Gasteiger partial charge in [-0.15, -0.1) is 0 Å². The Morgan fingerprint density at radius 3 is 1.98 bits per heavy atom. The zero-order valence-corrected chi connectivity index (χ0v) is 38.8. The number of halogens is 1. The highest BCUT2D eigenvalue weighted by Gasteiger charge is 2.78. The second kappa shape index (κ2) is 18.5. The molecule has 1 heterocycles. The number of amides is 1. The Morgan fingerprint density at radius 2 is 1.44 bits per heavy atom. The summed E-state index contributed by atoms with van der Waals surface area (Å²) in [5, 5.41) is 28.4. The molecule has 3 N–H and O–H groups in total. The first-order valence-corrected chi connectivity index (χ1v) is 22.6. The van der Waals surface area contributed by atoms with Crippen LogP contribution in [0.25, 0.3) is 0 Å². The van der Waals surface area contributed by atoms with Gasteiger partial charge in [0, 0.05) is 37.7 Å². The molecule has 1 amide bonds. The molecule has 1 aliphatic heterocycles. The smallest absolute Gasteiger partial charge is 0.350 e. The monoisotopic (exact) mass is 973 g/mol. The van der Waals surface area contributed by atoms with Crippen molar-refractivity contribution in [3.8, 4) is 0 Å². The van der Waals surface area contributed by atoms with Crippen LogP contribution in [0.2, 0.25) is 0 Å². The van der Waals surface area contributed by atoms with E-state index in [1.165, 1.54) is 26.0 Å². The summed E-state index contributed by atoms with van der Waals surface area (Å²) in [4.78, 5) is 97.9. The number of esters is 5. The highest BCUT2D eigenvalue weighted by molar-refractivity contribution is 9.09. The number of benzene rings is 3. The molecule has 4 aliphatic rings. The number of ether oxygens (including phenoxy) is 6. The van der Waals surface area contributed by atoms with E-state index >= 15 is 4.79 Å². The van der Waals surface area contributed by atoms with Crippen LogP contribution < -0.4 is 5.32 Å². The lowest BCUT2D eigenvalue weighted by molar-refractivity contribution is -0.346. The van der Waals surface area contributed by atoms with Crippen molar-refractivity contribution in [3.05, 3.63) is 119 Å². The van der Waals surface area contributed by atoms with E-state index in [1.54, 1.807) is 92.7 Å². The molecule has 3 fully saturated rings. The Kier molecular flexibility index (Phi) is 13.5. The molecule has 3 aliphatic carbocycles. The molecule has 7 rings (SSSR count). The molecule has 3 aromatic carbocycles. The van der Waals surface area contributed by atoms with Gasteiger partial charge in [0.1, 0.15) is 35.3 Å². The van der Waals surface area contributed by atoms with E-state index in [1.807, 2.05) is 0 Å². The van der Waals surface area contributed by atoms with E-state index in [2.05, 4.69) is 21.2 Å². The van der Waals surface area contributed by atoms with Gasteiger partial charge in [-0.25, -0.2) is 9.59 Å². The molecule has 0 radical (unpaired) electrons. The van der Waals surface area contributed by atoms with Crippen LogP contribution in [0.4, 0.5) is 0 Å². The van der Waals surface area contributed by atoms with Crippen molar-refractivity contribution in [3.63, 3.8) is 0 Å². The normalized spacial score (nSPS) is 30.5. The van der Waals surface area contributed by atoms with Crippen molar-refractivity contribution < 1.29 is 72.2 Å². The van der Waals surface area contributed by atoms with Crippen molar-refractivity contribution in [1.82, 2.24) is 5.32 Å². The minimum Gasteiger partial charge on any atom is -0.455 e. The molecule has 0 unspecified atom stereocenters. The fourth-order valence-electron chi connectivity index (χ4n) is 10.5. The SMILES string of the molecule is CC(=O)O[C@H]1C(=O)[C@@]2(C)[C@H]([C@H](OC(=O)c3ccccc3)[C@]3(O)C[C@H](OC(=O)[C@H](OC(=O)CBr)[C@@H](NC(=O)c4ccccc4)c4ccccc4)C(C)=C1C3(C)C)[C@]1(OC(C)=O)CO[C@@H]1C[C@@H]2O. The van der Waals surface area contributed by atoms with Gasteiger partial charge < -0.3 is 44.0 Å². The van der Waals surface area contributed by atoms with Crippen LogP contribution >= 0.6 is 15.9 Å². The van der Waals surface area contributed by atoms with E-state index < -0.39 is 119 Å². The number of rotatable bonds is 12. The van der Waals surface area contributed by atoms with E-state index in [0.717, 1.165) is 13.8 Å². The lowest BCUT2D eigenvalue weighted by Crippen LogP contribution is -2.82. The van der Waals surface area contributed by atoms with Crippen molar-refractivity contribution >= 4 is 57.5 Å². The summed E-state index contributed by atoms with van der Waals surface area (Å²) >= 11 is 3.08. The Labute approximate surface area is 389 Å². The summed E-state index contributed by atoms with van der Waals surface area (Å²) in [5.41, 5.74) is -7.26. The molecular formula is C49H52BrNO15. The minimum absolute atomic E-state index is 0.0265. The van der Waals surface area contributed by atoms with Gasteiger partial charge in [0.2, 0.25) is 6.10 Å². The van der Waals surface area contributed by atoms with E-state index in [4.69, 9.17) is 28.4 Å². The first-order chi connectivity index (χ1) is 31.2. The Hall–Kier alpha value is -5.75. The molecular weight excluding hydrogens is 922 g/mol. The third kappa shape index (κ3) is 8.35. The maximum absolute atomic E-state index is 15.6. The summed E-state index contributed by atoms with van der Waals surface area (Å²) in [7, 11) is 0. The van der Waals surface area contributed by atoms with Gasteiger partial charge in [0.25, 0.3) is 5.91 Å². The van der Waals surface area contributed by atoms with Gasteiger partial charge >= 0.3 is 29.8 Å². The fourth-order valence-corrected chi connectivity index (χ4v) is 10.6. The molecule has 16 nitrogen and oxygen atoms in total. The summed E-state index contributed by atoms with van der Waals surface area (Å²) in [6, 6.07) is 22.8. The van der Waals surface area contributed by atoms with Crippen LogP contribution in [0.15, 0.2) is 102 Å². The van der Waals surface area contributed by atoms with Crippen LogP contribution in [-0.4, -0.2) is 112 Å². The maximum Gasteiger partial charge on any atom is 0.350 e. The van der Waals surface area contributed by atoms with Crippen molar-refractivity contribution in [2.24, 2.45) is 16.7 Å². The Balaban J connectivity index is 1.42. The van der Waals surface area contributed by atoms with Crippen molar-refractivity contribution in [2.75, 3.05) is 11.9 Å². The zero-order valence-electron chi connectivity index (χ0n) is 37.2. The highest BCUT2D eigenvalue weighted by atomic mass is 79.9. The molecule has 17 heteroatoms. The number of carbonyl (C=O) groups excluding carboxylic acids is 7. The van der Waals surface area contributed by atoms with Crippen molar-refractivity contribution in [2.45, 2.75) is 108 Å². The number of alkyl halides is 1. The van der Waals surface area contributed by atoms with Gasteiger partial charge in [-0.1, -0.05) is 96.5 Å². The molecule has 1 saturated heterocycles. The summed E-state index contributed by atoms with van der Waals surface area (Å²) < 4.78 is 36.4. The second-order valence-corrected chi connectivity index (χ2v) is 18.5. The molecule has 0 spiro atoms. The lowest BCUT2D eigenvalue weighted by Gasteiger charge is -2.67. The molecule has 3 aromatic rings. The number of aliphatic hydroxyl groups excluding tert-OH is 1. The summed E-state index contributed by atoms with van der Waals surface area (Å²) in [6.45, 7) is 7.91. The number of carbonyl (C=O) groups is 7. The zero-order chi connectivity index (χ0) is 47.9. The number of hydrogen-bond acceptors (Lipinski definition) is 15. The van der Waals surface area contributed by atoms with Gasteiger partial charge in [-0.2, -0.15) is 0 Å². The van der Waals surface area contributed by atoms with E-state index in [9.17, 15) is 39.0 Å². The van der Waals surface area contributed by atoms with Crippen LogP contribution in [0, 0.1) is 16.7 Å². The number of aliphatic hydroxyl groups is 2. The lowest BCUT2D eigenvalue weighted by atomic mass is 9.44. The van der Waals surface area contributed by atoms with Gasteiger partial charge in [0.15, 0.2) is 17.5 Å². The van der Waals surface area contributed by atoms with E-state index in [-0.39, 0.29) is 40.6 Å². The van der Waals surface area contributed by atoms with Crippen LogP contribution in [0.5, 0.6) is 0 Å². The van der Waals surface area contributed by atoms with Crippen LogP contribution in [0.3, 0.4) is 0 Å². The third-order valence-electron chi connectivity index (χ3n) is 13.8. The average Bonchev–Trinajstić information content (AvgIpc) is 3.28. The highest BCUT2D eigenvalue weighted by Crippen LogP contribution is 2.64. The summed E-state index contributed by atoms with van der Waals surface area (Å²) in [6.07, 6.45) is -10.6. The molecule has 11 atom stereocenters. The largest absolute Gasteiger partial charge is 0.455 e. The number of nitrogens with one attached hydrogen (secondary N) is 1. The fraction of sp³-hybridized carbons (Fsp3) is 0.449. The van der Waals surface area contributed by atoms with Gasteiger partial charge in [-0.3, -0.25) is 24.0 Å². The first-order valence-electron chi connectivity index (χ1n) is 21.5. The Bertz CT molecular complexity index is 2430. The quantitative estimate of drug-likeness (QED) is 0.0969. The number of fused-ring (bicyclic) bond motifs is 5. The van der Waals surface area contributed by atoms with Crippen LogP contribution in [0.1, 0.15) is 86.7 Å². The van der Waals surface area contributed by atoms with Gasteiger partial charge in [0.05, 0.1) is 29.6 Å². The second-order valence-electron chi connectivity index (χ2n) is 18.0. The average molecular weight is 975 g/mol. The number of Topliss-reactive ketones (excluding diaryl/α,β-unsaturated/α-hetero) is 1. The predicted octanol–water partition coefficient (Wildman–Crippen LogP) is 4.68. The number of ketones is 1. The molecule has 350 valence electrons. The number of hydrogen-bond donors (Lipinski definition) is 3. The first kappa shape index (κ1) is 48.2. The third-order valence-corrected chi connectivity index (χ3v) is 14.3. The minimum atomic E-state index is -2.44. The molecule has 0 aromatic heterocycles. The maximum atomic E-state index is 15.6. The topological polar surface area (TPSA) is 227 Å². The van der Waals surface area contributed by atoms with Gasteiger partial charge in [-0.05, 0) is 54.8 Å². The molecule has 2 bridgehead atoms. The van der Waals surface area contributed by atoms with Crippen molar-refractivity contribution in [1.29, 1.82) is 0 Å². The molecule has 66 heavy (non-hydrogen) atoms. The van der Waals surface area contributed by atoms with E-state index in [0.29, 0.717) is 5.56 Å². The Morgan fingerprint density at radius 1 is 0.848 bits per heavy atom. The predicted molar refractivity (Wildman–Crippen MR) is 235 cm³/mol. The standard InChI is InChI=1S/C49H52BrNO15/c1-26-32(63-45(59)39(64-35(55)24-50)37(29-16-10-7-11-17-29)51-43(57)30-18-12-8-13-19-30)23-49(60)42(65-44(58)31-20-14-9-15-21-31)40-47(6,33(54)22-34-48(40,25-61-34)66-28(3)53)41(56)38(62-27(2)52)36(26)46(49,4)5/h7-21,32-34,37-40,42,54,60H,22-25H2,1-6H3,(H,51,57)/t32-,33-,34+,37-,38+,39+,40-,42-,47+,48-,49+/m0/s1. The molecule has 2 saturated carbocycles. The van der Waals surface area contributed by atoms with Crippen LogP contribution in [-0.2, 0) is 52.4 Å². The summed E-state index contributed by atoms with van der Waals surface area (Å²) in [5.74, 6) is -7.82.